The lowest BCUT2D eigenvalue weighted by molar-refractivity contribution is 0.106. The zero-order valence-corrected chi connectivity index (χ0v) is 11.7. The van der Waals surface area contributed by atoms with Gasteiger partial charge in [-0.1, -0.05) is 12.1 Å². The number of hydrogen-bond donors (Lipinski definition) is 1. The lowest BCUT2D eigenvalue weighted by Crippen LogP contribution is -2.29. The van der Waals surface area contributed by atoms with Crippen LogP contribution in [0.5, 0.6) is 0 Å². The molecule has 0 radical (unpaired) electrons. The van der Waals surface area contributed by atoms with E-state index in [1.54, 1.807) is 18.4 Å². The number of hydrogen-bond acceptors (Lipinski definition) is 4. The van der Waals surface area contributed by atoms with Crippen LogP contribution in [0.4, 0.5) is 5.69 Å². The largest absolute Gasteiger partial charge is 0.380 e. The van der Waals surface area contributed by atoms with Crippen molar-refractivity contribution in [3.05, 3.63) is 35.8 Å². The van der Waals surface area contributed by atoms with Crippen molar-refractivity contribution in [2.45, 2.75) is 26.0 Å². The number of thiazole rings is 1. The van der Waals surface area contributed by atoms with E-state index in [1.807, 2.05) is 17.6 Å². The van der Waals surface area contributed by atoms with Gasteiger partial charge in [0, 0.05) is 36.0 Å². The zero-order chi connectivity index (χ0) is 13.0. The second kappa shape index (κ2) is 5.98. The van der Waals surface area contributed by atoms with Crippen LogP contribution >= 0.6 is 11.3 Å². The summed E-state index contributed by atoms with van der Waals surface area (Å²) in [5, 5.41) is 6.49. The fourth-order valence-corrected chi connectivity index (χ4v) is 2.33. The van der Waals surface area contributed by atoms with Gasteiger partial charge in [-0.25, -0.2) is 4.98 Å². The van der Waals surface area contributed by atoms with Crippen LogP contribution in [-0.4, -0.2) is 24.2 Å². The Balaban J connectivity index is 2.13. The van der Waals surface area contributed by atoms with Crippen LogP contribution in [0.1, 0.15) is 13.8 Å². The van der Waals surface area contributed by atoms with Crippen LogP contribution in [-0.2, 0) is 4.74 Å². The van der Waals surface area contributed by atoms with E-state index >= 15 is 0 Å². The summed E-state index contributed by atoms with van der Waals surface area (Å²) in [6.45, 7) is 4.17. The van der Waals surface area contributed by atoms with E-state index < -0.39 is 0 Å². The molecule has 96 valence electrons. The molecule has 0 aliphatic carbocycles. The third-order valence-corrected chi connectivity index (χ3v) is 3.83. The first kappa shape index (κ1) is 13.1. The van der Waals surface area contributed by atoms with Crippen LogP contribution in [0.15, 0.2) is 35.8 Å². The standard InChI is InChI=1S/C14H18N2OS/c1-10(11(2)17-3)16-13-6-4-5-12(9-13)14-15-7-8-18-14/h4-11,16H,1-3H3. The van der Waals surface area contributed by atoms with Gasteiger partial charge >= 0.3 is 0 Å². The summed E-state index contributed by atoms with van der Waals surface area (Å²) in [5.74, 6) is 0. The third kappa shape index (κ3) is 3.09. The second-order valence-corrected chi connectivity index (χ2v) is 5.19. The van der Waals surface area contributed by atoms with Crippen molar-refractivity contribution in [1.29, 1.82) is 0 Å². The highest BCUT2D eigenvalue weighted by atomic mass is 32.1. The quantitative estimate of drug-likeness (QED) is 0.893. The molecule has 0 spiro atoms. The van der Waals surface area contributed by atoms with Crippen molar-refractivity contribution in [2.75, 3.05) is 12.4 Å². The molecule has 0 saturated carbocycles. The maximum absolute atomic E-state index is 5.31. The molecule has 1 N–H and O–H groups in total. The monoisotopic (exact) mass is 262 g/mol. The summed E-state index contributed by atoms with van der Waals surface area (Å²) in [6, 6.07) is 8.58. The predicted octanol–water partition coefficient (Wildman–Crippen LogP) is 3.65. The molecule has 0 aliphatic rings. The van der Waals surface area contributed by atoms with Gasteiger partial charge < -0.3 is 10.1 Å². The van der Waals surface area contributed by atoms with E-state index in [-0.39, 0.29) is 12.1 Å². The number of nitrogens with one attached hydrogen (secondary N) is 1. The second-order valence-electron chi connectivity index (χ2n) is 4.29. The maximum Gasteiger partial charge on any atom is 0.123 e. The summed E-state index contributed by atoms with van der Waals surface area (Å²) in [5.41, 5.74) is 2.24. The number of benzene rings is 1. The van der Waals surface area contributed by atoms with Crippen LogP contribution in [0, 0.1) is 0 Å². The van der Waals surface area contributed by atoms with E-state index in [0.717, 1.165) is 16.3 Å². The summed E-state index contributed by atoms with van der Waals surface area (Å²) in [4.78, 5) is 4.32. The van der Waals surface area contributed by atoms with E-state index in [4.69, 9.17) is 4.74 Å². The van der Waals surface area contributed by atoms with Gasteiger partial charge in [0.2, 0.25) is 0 Å². The molecule has 0 amide bonds. The topological polar surface area (TPSA) is 34.1 Å². The Morgan fingerprint density at radius 3 is 2.83 bits per heavy atom. The minimum absolute atomic E-state index is 0.175. The predicted molar refractivity (Wildman–Crippen MR) is 77.1 cm³/mol. The molecule has 1 aromatic carbocycles. The number of rotatable bonds is 5. The molecular formula is C14H18N2OS. The fraction of sp³-hybridized carbons (Fsp3) is 0.357. The lowest BCUT2D eigenvalue weighted by Gasteiger charge is -2.21. The van der Waals surface area contributed by atoms with Gasteiger partial charge in [0.05, 0.1) is 6.10 Å². The Kier molecular flexibility index (Phi) is 4.33. The minimum Gasteiger partial charge on any atom is -0.380 e. The molecule has 2 atom stereocenters. The number of aromatic nitrogens is 1. The summed E-state index contributed by atoms with van der Waals surface area (Å²) >= 11 is 1.65. The van der Waals surface area contributed by atoms with Crippen LogP contribution in [0.2, 0.25) is 0 Å². The molecule has 2 rings (SSSR count). The SMILES string of the molecule is COC(C)C(C)Nc1cccc(-c2nccs2)c1. The Hall–Kier alpha value is -1.39. The van der Waals surface area contributed by atoms with Gasteiger partial charge in [0.1, 0.15) is 5.01 Å². The highest BCUT2D eigenvalue weighted by molar-refractivity contribution is 7.13. The average Bonchev–Trinajstić information content (AvgIpc) is 2.92. The van der Waals surface area contributed by atoms with Crippen molar-refractivity contribution in [3.63, 3.8) is 0 Å². The molecular weight excluding hydrogens is 244 g/mol. The Bertz CT molecular complexity index is 484. The number of nitrogens with zero attached hydrogens (tertiary/aromatic N) is 1. The van der Waals surface area contributed by atoms with Gasteiger partial charge in [-0.2, -0.15) is 0 Å². The van der Waals surface area contributed by atoms with Crippen molar-refractivity contribution in [2.24, 2.45) is 0 Å². The summed E-state index contributed by atoms with van der Waals surface area (Å²) in [6.07, 6.45) is 2.00. The van der Waals surface area contributed by atoms with Gasteiger partial charge in [-0.05, 0) is 26.0 Å². The van der Waals surface area contributed by atoms with Crippen LogP contribution < -0.4 is 5.32 Å². The first-order valence-electron chi connectivity index (χ1n) is 6.00. The van der Waals surface area contributed by atoms with Crippen molar-refractivity contribution < 1.29 is 4.74 Å². The molecule has 18 heavy (non-hydrogen) atoms. The van der Waals surface area contributed by atoms with E-state index in [9.17, 15) is 0 Å². The summed E-state index contributed by atoms with van der Waals surface area (Å²) in [7, 11) is 1.73. The molecule has 2 unspecified atom stereocenters. The molecule has 0 aliphatic heterocycles. The third-order valence-electron chi connectivity index (χ3n) is 3.01. The first-order chi connectivity index (χ1) is 8.70. The number of ether oxygens (including phenoxy) is 1. The summed E-state index contributed by atoms with van der Waals surface area (Å²) < 4.78 is 5.31. The van der Waals surface area contributed by atoms with E-state index in [1.165, 1.54) is 0 Å². The van der Waals surface area contributed by atoms with Crippen LogP contribution in [0.3, 0.4) is 0 Å². The van der Waals surface area contributed by atoms with E-state index in [0.29, 0.717) is 0 Å². The first-order valence-corrected chi connectivity index (χ1v) is 6.88. The average molecular weight is 262 g/mol. The van der Waals surface area contributed by atoms with Crippen LogP contribution in [0.25, 0.3) is 10.6 Å². The highest BCUT2D eigenvalue weighted by Gasteiger charge is 2.11. The molecule has 2 aromatic rings. The molecule has 1 aromatic heterocycles. The zero-order valence-electron chi connectivity index (χ0n) is 10.9. The molecule has 0 bridgehead atoms. The molecule has 0 saturated heterocycles. The van der Waals surface area contributed by atoms with Crippen molar-refractivity contribution in [1.82, 2.24) is 4.98 Å². The van der Waals surface area contributed by atoms with Gasteiger partial charge in [-0.15, -0.1) is 11.3 Å². The fourth-order valence-electron chi connectivity index (χ4n) is 1.69. The number of anilines is 1. The Morgan fingerprint density at radius 1 is 1.33 bits per heavy atom. The van der Waals surface area contributed by atoms with Gasteiger partial charge in [0.15, 0.2) is 0 Å². The molecule has 4 heteroatoms. The van der Waals surface area contributed by atoms with Crippen molar-refractivity contribution in [3.8, 4) is 10.6 Å². The van der Waals surface area contributed by atoms with Gasteiger partial charge in [-0.3, -0.25) is 0 Å². The number of methoxy groups -OCH3 is 1. The highest BCUT2D eigenvalue weighted by Crippen LogP contribution is 2.24. The van der Waals surface area contributed by atoms with E-state index in [2.05, 4.69) is 42.3 Å². The minimum atomic E-state index is 0.175. The lowest BCUT2D eigenvalue weighted by atomic mass is 10.1. The molecule has 1 heterocycles. The maximum atomic E-state index is 5.31. The molecule has 3 nitrogen and oxygen atoms in total. The normalized spacial score (nSPS) is 14.2. The smallest absolute Gasteiger partial charge is 0.123 e. The Morgan fingerprint density at radius 2 is 2.17 bits per heavy atom. The van der Waals surface area contributed by atoms with Gasteiger partial charge in [0.25, 0.3) is 0 Å². The Labute approximate surface area is 112 Å². The molecule has 0 fully saturated rings. The van der Waals surface area contributed by atoms with Crippen molar-refractivity contribution >= 4 is 17.0 Å².